The Morgan fingerprint density at radius 1 is 1.54 bits per heavy atom. The first-order chi connectivity index (χ1) is 6.12. The van der Waals surface area contributed by atoms with Crippen molar-refractivity contribution in [3.05, 3.63) is 17.0 Å². The van der Waals surface area contributed by atoms with E-state index in [-0.39, 0.29) is 0 Å². The van der Waals surface area contributed by atoms with Gasteiger partial charge in [-0.1, -0.05) is 19.0 Å². The van der Waals surface area contributed by atoms with E-state index in [1.807, 2.05) is 0 Å². The Hall–Kier alpha value is -0.440. The minimum atomic E-state index is 0.399. The summed E-state index contributed by atoms with van der Waals surface area (Å²) in [5.74, 6) is 1.78. The van der Waals surface area contributed by atoms with E-state index in [0.29, 0.717) is 11.2 Å². The Labute approximate surface area is 84.1 Å². The number of hydrogen-bond donors (Lipinski definition) is 1. The number of rotatable bonds is 1. The fourth-order valence-corrected chi connectivity index (χ4v) is 2.17. The monoisotopic (exact) mass is 197 g/mol. The molecule has 0 amide bonds. The molecule has 0 saturated carbocycles. The van der Waals surface area contributed by atoms with Gasteiger partial charge in [0.05, 0.1) is 5.69 Å². The summed E-state index contributed by atoms with van der Waals surface area (Å²) in [6, 6.07) is 0. The lowest BCUT2D eigenvalue weighted by Gasteiger charge is -2.28. The van der Waals surface area contributed by atoms with Crippen LogP contribution in [-0.2, 0) is 18.6 Å². The molecule has 13 heavy (non-hydrogen) atoms. The van der Waals surface area contributed by atoms with Gasteiger partial charge in [0, 0.05) is 17.7 Å². The Bertz CT molecular complexity index is 303. The molecular weight excluding hydrogens is 182 g/mol. The predicted octanol–water partition coefficient (Wildman–Crippen LogP) is 2.62. The van der Waals surface area contributed by atoms with E-state index in [2.05, 4.69) is 31.6 Å². The molecule has 0 aliphatic heterocycles. The molecule has 2 rings (SSSR count). The first-order valence-corrected chi connectivity index (χ1v) is 5.33. The Morgan fingerprint density at radius 2 is 2.31 bits per heavy atom. The summed E-state index contributed by atoms with van der Waals surface area (Å²) in [4.78, 5) is 0. The number of aryl methyl sites for hydroxylation is 1. The zero-order valence-corrected chi connectivity index (χ0v) is 9.03. The zero-order chi connectivity index (χ0) is 9.47. The molecule has 72 valence electrons. The van der Waals surface area contributed by atoms with Gasteiger partial charge in [0.2, 0.25) is 0 Å². The highest BCUT2D eigenvalue weighted by Gasteiger charge is 2.29. The molecule has 1 aromatic heterocycles. The molecule has 3 heteroatoms. The number of fused-ring (bicyclic) bond motifs is 1. The number of nitrogens with zero attached hydrogens (tertiary/aromatic N) is 1. The molecule has 2 nitrogen and oxygen atoms in total. The molecule has 0 atom stereocenters. The summed E-state index contributed by atoms with van der Waals surface area (Å²) in [7, 11) is 0. The number of aromatic nitrogens is 1. The summed E-state index contributed by atoms with van der Waals surface area (Å²) in [6.45, 7) is 4.59. The van der Waals surface area contributed by atoms with E-state index in [0.717, 1.165) is 24.3 Å². The van der Waals surface area contributed by atoms with Crippen molar-refractivity contribution in [3.63, 3.8) is 0 Å². The van der Waals surface area contributed by atoms with E-state index in [9.17, 15) is 0 Å². The molecule has 1 aliphatic rings. The van der Waals surface area contributed by atoms with Gasteiger partial charge in [-0.25, -0.2) is 0 Å². The zero-order valence-electron chi connectivity index (χ0n) is 8.13. The third-order valence-electron chi connectivity index (χ3n) is 2.78. The third kappa shape index (κ3) is 1.62. The van der Waals surface area contributed by atoms with Gasteiger partial charge >= 0.3 is 0 Å². The van der Waals surface area contributed by atoms with E-state index in [1.54, 1.807) is 0 Å². The van der Waals surface area contributed by atoms with E-state index in [1.165, 1.54) is 12.0 Å². The minimum absolute atomic E-state index is 0.399. The first kappa shape index (κ1) is 9.13. The summed E-state index contributed by atoms with van der Waals surface area (Å²) in [5.41, 5.74) is 2.74. The first-order valence-electron chi connectivity index (χ1n) is 4.69. The second-order valence-corrected chi connectivity index (χ2v) is 4.85. The molecule has 1 aromatic rings. The van der Waals surface area contributed by atoms with Crippen LogP contribution in [0.3, 0.4) is 0 Å². The molecule has 0 unspecified atom stereocenters. The summed E-state index contributed by atoms with van der Waals surface area (Å²) in [5, 5.41) is 4.03. The van der Waals surface area contributed by atoms with E-state index in [4.69, 9.17) is 4.52 Å². The SMILES string of the molecule is CC1(C)CCc2onc(CS)c2C1. The molecule has 0 radical (unpaired) electrons. The van der Waals surface area contributed by atoms with Crippen LogP contribution >= 0.6 is 12.6 Å². The standard InChI is InChI=1S/C10H15NOS/c1-10(2)4-3-9-7(5-10)8(6-13)11-12-9/h13H,3-6H2,1-2H3. The maximum atomic E-state index is 5.27. The average molecular weight is 197 g/mol. The van der Waals surface area contributed by atoms with Crippen molar-refractivity contribution in [2.45, 2.75) is 38.9 Å². The van der Waals surface area contributed by atoms with Crippen LogP contribution in [0.25, 0.3) is 0 Å². The molecule has 0 N–H and O–H groups in total. The van der Waals surface area contributed by atoms with Gasteiger partial charge in [-0.3, -0.25) is 0 Å². The van der Waals surface area contributed by atoms with Crippen LogP contribution in [0.2, 0.25) is 0 Å². The summed E-state index contributed by atoms with van der Waals surface area (Å²) >= 11 is 4.24. The van der Waals surface area contributed by atoms with Crippen molar-refractivity contribution in [1.82, 2.24) is 5.16 Å². The second-order valence-electron chi connectivity index (χ2n) is 4.53. The quantitative estimate of drug-likeness (QED) is 0.700. The molecule has 0 spiro atoms. The smallest absolute Gasteiger partial charge is 0.140 e. The maximum absolute atomic E-state index is 5.27. The van der Waals surface area contributed by atoms with Crippen LogP contribution in [0.15, 0.2) is 4.52 Å². The molecule has 0 aromatic carbocycles. The lowest BCUT2D eigenvalue weighted by Crippen LogP contribution is -2.21. The summed E-state index contributed by atoms with van der Waals surface area (Å²) in [6.07, 6.45) is 3.31. The normalized spacial score (nSPS) is 19.9. The van der Waals surface area contributed by atoms with Gasteiger partial charge in [-0.2, -0.15) is 12.6 Å². The van der Waals surface area contributed by atoms with Crippen molar-refractivity contribution >= 4 is 12.6 Å². The van der Waals surface area contributed by atoms with Crippen molar-refractivity contribution < 1.29 is 4.52 Å². The lowest BCUT2D eigenvalue weighted by atomic mass is 9.76. The Kier molecular flexibility index (Phi) is 2.14. The van der Waals surface area contributed by atoms with Crippen molar-refractivity contribution in [3.8, 4) is 0 Å². The van der Waals surface area contributed by atoms with Crippen molar-refractivity contribution in [1.29, 1.82) is 0 Å². The lowest BCUT2D eigenvalue weighted by molar-refractivity contribution is 0.282. The predicted molar refractivity (Wildman–Crippen MR) is 55.0 cm³/mol. The largest absolute Gasteiger partial charge is 0.361 e. The molecule has 0 fully saturated rings. The molecule has 0 saturated heterocycles. The molecule has 0 bridgehead atoms. The Balaban J connectivity index is 2.36. The highest BCUT2D eigenvalue weighted by Crippen LogP contribution is 2.36. The van der Waals surface area contributed by atoms with Crippen LogP contribution in [0, 0.1) is 5.41 Å². The van der Waals surface area contributed by atoms with Crippen LogP contribution in [0.1, 0.15) is 37.3 Å². The third-order valence-corrected chi connectivity index (χ3v) is 3.08. The van der Waals surface area contributed by atoms with E-state index >= 15 is 0 Å². The summed E-state index contributed by atoms with van der Waals surface area (Å²) < 4.78 is 5.27. The van der Waals surface area contributed by atoms with Gasteiger partial charge in [0.15, 0.2) is 0 Å². The highest BCUT2D eigenvalue weighted by molar-refractivity contribution is 7.79. The number of hydrogen-bond acceptors (Lipinski definition) is 3. The fourth-order valence-electron chi connectivity index (χ4n) is 1.92. The molecule has 1 heterocycles. The van der Waals surface area contributed by atoms with Crippen molar-refractivity contribution in [2.75, 3.05) is 0 Å². The van der Waals surface area contributed by atoms with Gasteiger partial charge in [0.25, 0.3) is 0 Å². The topological polar surface area (TPSA) is 26.0 Å². The highest BCUT2D eigenvalue weighted by atomic mass is 32.1. The fraction of sp³-hybridized carbons (Fsp3) is 0.700. The van der Waals surface area contributed by atoms with Crippen molar-refractivity contribution in [2.24, 2.45) is 5.41 Å². The molecule has 1 aliphatic carbocycles. The minimum Gasteiger partial charge on any atom is -0.361 e. The van der Waals surface area contributed by atoms with Gasteiger partial charge in [-0.05, 0) is 18.3 Å². The van der Waals surface area contributed by atoms with Gasteiger partial charge in [0.1, 0.15) is 5.76 Å². The average Bonchev–Trinajstić information content (AvgIpc) is 2.44. The molecular formula is C10H15NOS. The Morgan fingerprint density at radius 3 is 3.00 bits per heavy atom. The van der Waals surface area contributed by atoms with Gasteiger partial charge < -0.3 is 4.52 Å². The van der Waals surface area contributed by atoms with Crippen LogP contribution in [0.4, 0.5) is 0 Å². The van der Waals surface area contributed by atoms with Crippen LogP contribution in [-0.4, -0.2) is 5.16 Å². The van der Waals surface area contributed by atoms with Gasteiger partial charge in [-0.15, -0.1) is 0 Å². The second kappa shape index (κ2) is 3.05. The van der Waals surface area contributed by atoms with Crippen LogP contribution in [0.5, 0.6) is 0 Å². The van der Waals surface area contributed by atoms with E-state index < -0.39 is 0 Å². The number of thiol groups is 1. The van der Waals surface area contributed by atoms with Crippen LogP contribution < -0.4 is 0 Å². The maximum Gasteiger partial charge on any atom is 0.140 e.